The van der Waals surface area contributed by atoms with E-state index in [0.29, 0.717) is 14.3 Å². The van der Waals surface area contributed by atoms with Crippen molar-refractivity contribution < 1.29 is 14.4 Å². The summed E-state index contributed by atoms with van der Waals surface area (Å²) in [6.45, 7) is 1.59. The fourth-order valence-corrected chi connectivity index (χ4v) is 5.14. The predicted molar refractivity (Wildman–Crippen MR) is 131 cm³/mol. The van der Waals surface area contributed by atoms with E-state index in [0.717, 1.165) is 30.1 Å². The minimum Gasteiger partial charge on any atom is -0.369 e. The normalized spacial score (nSPS) is 14.2. The van der Waals surface area contributed by atoms with Gasteiger partial charge in [0.1, 0.15) is 6.04 Å². The van der Waals surface area contributed by atoms with Crippen LogP contribution in [0.25, 0.3) is 0 Å². The van der Waals surface area contributed by atoms with Crippen molar-refractivity contribution in [2.24, 2.45) is 0 Å². The van der Waals surface area contributed by atoms with E-state index in [2.05, 4.69) is 25.8 Å². The summed E-state index contributed by atoms with van der Waals surface area (Å²) in [5, 5.41) is 8.98. The fraction of sp³-hybridized carbons (Fsp3) is 0.421. The number of fused-ring (bicyclic) bond motifs is 1. The van der Waals surface area contributed by atoms with E-state index in [9.17, 15) is 14.4 Å². The molecule has 9 nitrogen and oxygen atoms in total. The molecule has 0 aliphatic carbocycles. The number of hydrogen-bond donors (Lipinski definition) is 3. The van der Waals surface area contributed by atoms with Gasteiger partial charge < -0.3 is 25.8 Å². The summed E-state index contributed by atoms with van der Waals surface area (Å²) < 4.78 is 0.536. The Hall–Kier alpha value is -2.12. The van der Waals surface area contributed by atoms with E-state index in [1.54, 1.807) is 26.2 Å². The van der Waals surface area contributed by atoms with Crippen LogP contribution in [0.3, 0.4) is 0 Å². The molecule has 2 aromatic heterocycles. The van der Waals surface area contributed by atoms with Crippen LogP contribution in [0, 0.1) is 0 Å². The molecular formula is C19H23ClN6O3S3. The Morgan fingerprint density at radius 1 is 1.31 bits per heavy atom. The quantitative estimate of drug-likeness (QED) is 0.502. The number of carbonyl (C=O) groups is 3. The average Bonchev–Trinajstić information content (AvgIpc) is 3.35. The van der Waals surface area contributed by atoms with Crippen LogP contribution in [0.2, 0.25) is 4.34 Å². The maximum absolute atomic E-state index is 12.8. The second-order valence-electron chi connectivity index (χ2n) is 7.40. The van der Waals surface area contributed by atoms with Gasteiger partial charge in [0.25, 0.3) is 11.8 Å². The molecule has 1 aliphatic heterocycles. The molecule has 3 heterocycles. The second kappa shape index (κ2) is 10.7. The van der Waals surface area contributed by atoms with Crippen molar-refractivity contribution in [2.45, 2.75) is 19.0 Å². The van der Waals surface area contributed by atoms with Gasteiger partial charge in [-0.1, -0.05) is 23.8 Å². The molecule has 1 unspecified atom stereocenters. The second-order valence-corrected chi connectivity index (χ2v) is 10.6. The number of thiazole rings is 1. The molecule has 1 atom stereocenters. The molecule has 3 rings (SSSR count). The number of nitrogens with zero attached hydrogens (tertiary/aromatic N) is 3. The van der Waals surface area contributed by atoms with E-state index in [-0.39, 0.29) is 17.4 Å². The number of anilines is 1. The summed E-state index contributed by atoms with van der Waals surface area (Å²) in [5.74, 6) is -1.30. The largest absolute Gasteiger partial charge is 0.369 e. The Labute approximate surface area is 204 Å². The monoisotopic (exact) mass is 514 g/mol. The lowest BCUT2D eigenvalue weighted by Crippen LogP contribution is -2.53. The van der Waals surface area contributed by atoms with Gasteiger partial charge in [-0.25, -0.2) is 4.98 Å². The van der Waals surface area contributed by atoms with Crippen molar-refractivity contribution in [1.29, 1.82) is 0 Å². The Balaban J connectivity index is 1.62. The third-order valence-electron chi connectivity index (χ3n) is 4.64. The van der Waals surface area contributed by atoms with Crippen molar-refractivity contribution in [3.8, 4) is 0 Å². The van der Waals surface area contributed by atoms with Crippen LogP contribution in [0.4, 0.5) is 5.00 Å². The molecule has 0 spiro atoms. The summed E-state index contributed by atoms with van der Waals surface area (Å²) in [6, 6.07) is 2.40. The van der Waals surface area contributed by atoms with Crippen LogP contribution in [0.15, 0.2) is 12.1 Å². The number of rotatable bonds is 6. The zero-order chi connectivity index (χ0) is 23.4. The van der Waals surface area contributed by atoms with Gasteiger partial charge in [0.2, 0.25) is 5.91 Å². The van der Waals surface area contributed by atoms with Crippen molar-refractivity contribution in [3.05, 3.63) is 32.0 Å². The summed E-state index contributed by atoms with van der Waals surface area (Å²) in [6.07, 6.45) is 0.788. The molecule has 3 N–H and O–H groups in total. The van der Waals surface area contributed by atoms with Crippen molar-refractivity contribution in [2.75, 3.05) is 39.5 Å². The third-order valence-corrected chi connectivity index (χ3v) is 7.20. The first-order chi connectivity index (χ1) is 15.1. The number of hydrogen-bond acceptors (Lipinski definition) is 8. The summed E-state index contributed by atoms with van der Waals surface area (Å²) >= 11 is 13.5. The number of halogens is 1. The molecule has 0 saturated carbocycles. The van der Waals surface area contributed by atoms with Crippen molar-refractivity contribution in [3.63, 3.8) is 0 Å². The highest BCUT2D eigenvalue weighted by molar-refractivity contribution is 7.82. The van der Waals surface area contributed by atoms with Gasteiger partial charge in [-0.2, -0.15) is 0 Å². The molecule has 13 heteroatoms. The van der Waals surface area contributed by atoms with Crippen molar-refractivity contribution in [1.82, 2.24) is 25.4 Å². The van der Waals surface area contributed by atoms with E-state index in [4.69, 9.17) is 23.8 Å². The van der Waals surface area contributed by atoms with E-state index in [1.807, 2.05) is 7.05 Å². The number of carbonyl (C=O) groups excluding carboxylic acids is 3. The lowest BCUT2D eigenvalue weighted by Gasteiger charge is -2.22. The SMILES string of the molecule is CN1CCc2nc(C(=O)NC(CNC(=S)C(=O)Nc3ccc(Cl)s3)C(=O)N(C)C)sc2C1. The minimum absolute atomic E-state index is 0.0476. The molecule has 0 saturated heterocycles. The summed E-state index contributed by atoms with van der Waals surface area (Å²) in [7, 11) is 5.20. The molecule has 0 radical (unpaired) electrons. The zero-order valence-corrected chi connectivity index (χ0v) is 20.9. The van der Waals surface area contributed by atoms with Gasteiger partial charge in [0.15, 0.2) is 10.00 Å². The molecule has 3 amide bonds. The van der Waals surface area contributed by atoms with Crippen LogP contribution in [-0.2, 0) is 22.6 Å². The molecule has 0 bridgehead atoms. The number of thiophene rings is 1. The van der Waals surface area contributed by atoms with E-state index >= 15 is 0 Å². The number of amides is 3. The molecular weight excluding hydrogens is 492 g/mol. The van der Waals surface area contributed by atoms with E-state index in [1.165, 1.54) is 27.6 Å². The lowest BCUT2D eigenvalue weighted by atomic mass is 10.2. The zero-order valence-electron chi connectivity index (χ0n) is 17.7. The van der Waals surface area contributed by atoms with Crippen LogP contribution in [-0.4, -0.2) is 77.8 Å². The molecule has 2 aromatic rings. The van der Waals surface area contributed by atoms with E-state index < -0.39 is 17.9 Å². The predicted octanol–water partition coefficient (Wildman–Crippen LogP) is 1.59. The molecule has 0 aromatic carbocycles. The van der Waals surface area contributed by atoms with Gasteiger partial charge in [0, 0.05) is 45.0 Å². The maximum Gasteiger partial charge on any atom is 0.283 e. The number of aromatic nitrogens is 1. The first-order valence-corrected chi connectivity index (χ1v) is 12.1. The number of nitrogens with one attached hydrogen (secondary N) is 3. The molecule has 0 fully saturated rings. The van der Waals surface area contributed by atoms with Crippen LogP contribution >= 0.6 is 46.5 Å². The van der Waals surface area contributed by atoms with Gasteiger partial charge >= 0.3 is 0 Å². The minimum atomic E-state index is -0.928. The fourth-order valence-electron chi connectivity index (χ4n) is 2.98. The average molecular weight is 515 g/mol. The lowest BCUT2D eigenvalue weighted by molar-refractivity contribution is -0.130. The van der Waals surface area contributed by atoms with Gasteiger partial charge in [0.05, 0.1) is 15.0 Å². The van der Waals surface area contributed by atoms with Crippen LogP contribution in [0.1, 0.15) is 20.4 Å². The topological polar surface area (TPSA) is 107 Å². The van der Waals surface area contributed by atoms with Gasteiger partial charge in [-0.3, -0.25) is 14.4 Å². The third kappa shape index (κ3) is 6.23. The Morgan fingerprint density at radius 3 is 2.72 bits per heavy atom. The molecule has 32 heavy (non-hydrogen) atoms. The maximum atomic E-state index is 12.8. The summed E-state index contributed by atoms with van der Waals surface area (Å²) in [4.78, 5) is 46.6. The standard InChI is InChI=1S/C19H23ClN6O3S3/c1-25(2)19(29)11(8-21-17(30)15(27)24-14-5-4-13(20)32-14)22-16(28)18-23-10-6-7-26(3)9-12(10)31-18/h4-5,11H,6-9H2,1-3H3,(H,21,30)(H,22,28)(H,24,27). The Morgan fingerprint density at radius 2 is 2.06 bits per heavy atom. The molecule has 1 aliphatic rings. The Bertz CT molecular complexity index is 1040. The highest BCUT2D eigenvalue weighted by Crippen LogP contribution is 2.26. The first-order valence-electron chi connectivity index (χ1n) is 9.67. The van der Waals surface area contributed by atoms with Gasteiger partial charge in [-0.15, -0.1) is 22.7 Å². The Kier molecular flexibility index (Phi) is 8.17. The molecule has 172 valence electrons. The summed E-state index contributed by atoms with van der Waals surface area (Å²) in [5.41, 5.74) is 0.929. The number of thiocarbonyl (C=S) groups is 1. The highest BCUT2D eigenvalue weighted by atomic mass is 35.5. The number of likely N-dealkylation sites (N-methyl/N-ethyl adjacent to an activating group) is 2. The smallest absolute Gasteiger partial charge is 0.283 e. The highest BCUT2D eigenvalue weighted by Gasteiger charge is 2.27. The van der Waals surface area contributed by atoms with Crippen molar-refractivity contribution >= 4 is 74.2 Å². The van der Waals surface area contributed by atoms with Crippen LogP contribution < -0.4 is 16.0 Å². The first kappa shape index (κ1) is 24.5. The van der Waals surface area contributed by atoms with Crippen LogP contribution in [0.5, 0.6) is 0 Å². The van der Waals surface area contributed by atoms with Gasteiger partial charge in [-0.05, 0) is 19.2 Å².